The van der Waals surface area contributed by atoms with E-state index in [1.165, 1.54) is 50.5 Å². The van der Waals surface area contributed by atoms with Gasteiger partial charge in [0.2, 0.25) is 0 Å². The number of aliphatic hydroxyl groups is 1. The summed E-state index contributed by atoms with van der Waals surface area (Å²) >= 11 is 6.30. The maximum atomic E-state index is 13.2. The summed E-state index contributed by atoms with van der Waals surface area (Å²) in [5, 5.41) is 11.6. The molecule has 3 aromatic rings. The van der Waals surface area contributed by atoms with Crippen LogP contribution in [0.4, 0.5) is 4.39 Å². The molecule has 1 aliphatic rings. The number of carbonyl (C=O) groups excluding carboxylic acids is 2. The number of benzene rings is 3. The fourth-order valence-electron chi connectivity index (χ4n) is 4.33. The van der Waals surface area contributed by atoms with E-state index >= 15 is 0 Å². The molecule has 0 saturated carbocycles. The van der Waals surface area contributed by atoms with E-state index in [0.29, 0.717) is 17.1 Å². The zero-order valence-corrected chi connectivity index (χ0v) is 22.3. The van der Waals surface area contributed by atoms with Crippen molar-refractivity contribution in [3.8, 4) is 17.2 Å². The van der Waals surface area contributed by atoms with Crippen LogP contribution in [0.1, 0.15) is 22.7 Å². The van der Waals surface area contributed by atoms with Gasteiger partial charge in [-0.25, -0.2) is 4.39 Å². The maximum Gasteiger partial charge on any atom is 0.295 e. The molecule has 0 aliphatic carbocycles. The molecule has 10 heteroatoms. The van der Waals surface area contributed by atoms with Gasteiger partial charge in [-0.3, -0.25) is 9.59 Å². The molecule has 3 aromatic carbocycles. The molecule has 1 N–H and O–H groups in total. The third-order valence-corrected chi connectivity index (χ3v) is 6.62. The van der Waals surface area contributed by atoms with Crippen molar-refractivity contribution in [3.05, 3.63) is 93.8 Å². The van der Waals surface area contributed by atoms with Crippen molar-refractivity contribution in [2.24, 2.45) is 0 Å². The Balaban J connectivity index is 1.73. The lowest BCUT2D eigenvalue weighted by Crippen LogP contribution is -2.32. The number of nitrogens with zero attached hydrogens (tertiary/aromatic N) is 1. The molecule has 1 heterocycles. The molecule has 4 rings (SSSR count). The Morgan fingerprint density at radius 3 is 2.26 bits per heavy atom. The monoisotopic (exact) mass is 555 g/mol. The Labute approximate surface area is 230 Å². The average molecular weight is 556 g/mol. The fourth-order valence-corrected chi connectivity index (χ4v) is 4.57. The zero-order valence-electron chi connectivity index (χ0n) is 21.6. The number of hydrogen-bond donors (Lipinski definition) is 1. The van der Waals surface area contributed by atoms with Gasteiger partial charge in [-0.1, -0.05) is 35.9 Å². The molecule has 39 heavy (non-hydrogen) atoms. The molecule has 1 fully saturated rings. The second-order valence-electron chi connectivity index (χ2n) is 8.66. The van der Waals surface area contributed by atoms with Gasteiger partial charge in [0.05, 0.1) is 43.0 Å². The highest BCUT2D eigenvalue weighted by Crippen LogP contribution is 2.43. The van der Waals surface area contributed by atoms with Crippen LogP contribution in [-0.4, -0.2) is 56.2 Å². The largest absolute Gasteiger partial charge is 0.507 e. The first-order chi connectivity index (χ1) is 18.8. The van der Waals surface area contributed by atoms with Crippen LogP contribution in [0.15, 0.2) is 66.2 Å². The van der Waals surface area contributed by atoms with E-state index in [4.69, 9.17) is 30.5 Å². The molecule has 204 valence electrons. The standard InChI is InChI=1S/C29H27ClFNO7/c1-36-13-12-32-26(18-6-10-20(11-7-18)39-16-17-4-8-19(31)9-5-17)25(28(34)29(32)35)27(33)21-14-22(30)24(38-3)15-23(21)37-2/h4-11,14-15,26,33H,12-13,16H2,1-3H3/b27-25+. The van der Waals surface area contributed by atoms with Gasteiger partial charge in [-0.15, -0.1) is 0 Å². The van der Waals surface area contributed by atoms with E-state index in [2.05, 4.69) is 0 Å². The van der Waals surface area contributed by atoms with E-state index < -0.39 is 23.5 Å². The fraction of sp³-hybridized carbons (Fsp3) is 0.241. The van der Waals surface area contributed by atoms with Gasteiger partial charge in [0.15, 0.2) is 0 Å². The third kappa shape index (κ3) is 5.84. The van der Waals surface area contributed by atoms with Crippen molar-refractivity contribution >= 4 is 29.1 Å². The lowest BCUT2D eigenvalue weighted by Gasteiger charge is -2.25. The lowest BCUT2D eigenvalue weighted by atomic mass is 9.95. The van der Waals surface area contributed by atoms with Crippen molar-refractivity contribution in [2.45, 2.75) is 12.6 Å². The highest BCUT2D eigenvalue weighted by Gasteiger charge is 2.46. The minimum Gasteiger partial charge on any atom is -0.507 e. The third-order valence-electron chi connectivity index (χ3n) is 6.32. The number of carbonyl (C=O) groups is 2. The number of ether oxygens (including phenoxy) is 4. The van der Waals surface area contributed by atoms with Crippen LogP contribution in [0.2, 0.25) is 5.02 Å². The van der Waals surface area contributed by atoms with Crippen LogP contribution in [0, 0.1) is 5.82 Å². The van der Waals surface area contributed by atoms with E-state index in [-0.39, 0.29) is 47.5 Å². The smallest absolute Gasteiger partial charge is 0.295 e. The van der Waals surface area contributed by atoms with Gasteiger partial charge in [-0.2, -0.15) is 0 Å². The number of aliphatic hydroxyl groups excluding tert-OH is 1. The number of rotatable bonds is 10. The zero-order chi connectivity index (χ0) is 28.1. The molecule has 1 saturated heterocycles. The summed E-state index contributed by atoms with van der Waals surface area (Å²) in [7, 11) is 4.33. The van der Waals surface area contributed by atoms with Gasteiger partial charge < -0.3 is 29.0 Å². The molecule has 0 radical (unpaired) electrons. The van der Waals surface area contributed by atoms with E-state index in [0.717, 1.165) is 5.56 Å². The van der Waals surface area contributed by atoms with Crippen LogP contribution < -0.4 is 14.2 Å². The minimum absolute atomic E-state index is 0.115. The Hall–Kier alpha value is -4.08. The number of ketones is 1. The highest BCUT2D eigenvalue weighted by molar-refractivity contribution is 6.46. The normalized spacial score (nSPS) is 16.4. The van der Waals surface area contributed by atoms with E-state index in [1.807, 2.05) is 0 Å². The number of Topliss-reactive ketones (excluding diaryl/α,β-unsaturated/α-hetero) is 1. The average Bonchev–Trinajstić information content (AvgIpc) is 3.20. The summed E-state index contributed by atoms with van der Waals surface area (Å²) in [5.41, 5.74) is 1.38. The summed E-state index contributed by atoms with van der Waals surface area (Å²) in [4.78, 5) is 27.6. The number of methoxy groups -OCH3 is 3. The number of hydrogen-bond acceptors (Lipinski definition) is 7. The van der Waals surface area contributed by atoms with Crippen LogP contribution in [-0.2, 0) is 20.9 Å². The Bertz CT molecular complexity index is 1390. The first-order valence-corrected chi connectivity index (χ1v) is 12.3. The quantitative estimate of drug-likeness (QED) is 0.210. The molecule has 1 amide bonds. The molecule has 0 spiro atoms. The SMILES string of the molecule is COCCN1C(=O)C(=O)/C(=C(/O)c2cc(Cl)c(OC)cc2OC)C1c1ccc(OCc2ccc(F)cc2)cc1. The van der Waals surface area contributed by atoms with Crippen molar-refractivity contribution < 1.29 is 38.0 Å². The number of amides is 1. The summed E-state index contributed by atoms with van der Waals surface area (Å²) in [6.07, 6.45) is 0. The summed E-state index contributed by atoms with van der Waals surface area (Å²) in [6.45, 7) is 0.524. The van der Waals surface area contributed by atoms with Crippen LogP contribution >= 0.6 is 11.6 Å². The van der Waals surface area contributed by atoms with Crippen LogP contribution in [0.3, 0.4) is 0 Å². The number of halogens is 2. The topological polar surface area (TPSA) is 94.5 Å². The predicted molar refractivity (Wildman–Crippen MR) is 143 cm³/mol. The van der Waals surface area contributed by atoms with Crippen molar-refractivity contribution in [2.75, 3.05) is 34.5 Å². The molecule has 8 nitrogen and oxygen atoms in total. The Morgan fingerprint density at radius 2 is 1.64 bits per heavy atom. The number of likely N-dealkylation sites (tertiary alicyclic amines) is 1. The van der Waals surface area contributed by atoms with Gasteiger partial charge in [0.25, 0.3) is 11.7 Å². The Kier molecular flexibility index (Phi) is 8.73. The van der Waals surface area contributed by atoms with Crippen LogP contribution in [0.5, 0.6) is 17.2 Å². The van der Waals surface area contributed by atoms with Crippen LogP contribution in [0.25, 0.3) is 5.76 Å². The van der Waals surface area contributed by atoms with Crippen molar-refractivity contribution in [1.82, 2.24) is 4.90 Å². The molecular formula is C29H27ClFNO7. The van der Waals surface area contributed by atoms with Gasteiger partial charge in [-0.05, 0) is 41.5 Å². The van der Waals surface area contributed by atoms with Crippen molar-refractivity contribution in [1.29, 1.82) is 0 Å². The van der Waals surface area contributed by atoms with Gasteiger partial charge in [0.1, 0.15) is 35.4 Å². The second-order valence-corrected chi connectivity index (χ2v) is 9.06. The molecule has 0 aromatic heterocycles. The lowest BCUT2D eigenvalue weighted by molar-refractivity contribution is -0.140. The second kappa shape index (κ2) is 12.2. The summed E-state index contributed by atoms with van der Waals surface area (Å²) in [6, 6.07) is 14.8. The molecule has 0 bridgehead atoms. The van der Waals surface area contributed by atoms with Gasteiger partial charge >= 0.3 is 0 Å². The highest BCUT2D eigenvalue weighted by atomic mass is 35.5. The predicted octanol–water partition coefficient (Wildman–Crippen LogP) is 5.14. The van der Waals surface area contributed by atoms with E-state index in [1.54, 1.807) is 36.4 Å². The summed E-state index contributed by atoms with van der Waals surface area (Å²) in [5.74, 6) is -1.33. The van der Waals surface area contributed by atoms with E-state index in [9.17, 15) is 19.1 Å². The minimum atomic E-state index is -0.906. The van der Waals surface area contributed by atoms with Gasteiger partial charge in [0, 0.05) is 19.7 Å². The first kappa shape index (κ1) is 27.9. The molecule has 1 unspecified atom stereocenters. The van der Waals surface area contributed by atoms with Crippen molar-refractivity contribution in [3.63, 3.8) is 0 Å². The summed E-state index contributed by atoms with van der Waals surface area (Å²) < 4.78 is 34.7. The first-order valence-electron chi connectivity index (χ1n) is 12.0. The maximum absolute atomic E-state index is 13.2. The molecule has 1 aliphatic heterocycles. The molecular weight excluding hydrogens is 529 g/mol. The molecule has 1 atom stereocenters. The Morgan fingerprint density at radius 1 is 0.974 bits per heavy atom.